The van der Waals surface area contributed by atoms with Crippen LogP contribution in [0.4, 0.5) is 5.69 Å². The molecule has 0 saturated carbocycles. The van der Waals surface area contributed by atoms with Gasteiger partial charge < -0.3 is 14.2 Å². The summed E-state index contributed by atoms with van der Waals surface area (Å²) in [5, 5.41) is 1.53. The SMILES string of the molecule is CCOc1ccc2c(c1)N(CCCS(=O)(=O)[O-])/C(=C\C(=C/c1sc3ccc(C)cc3[n+]1CS(=O)(=O)O)CC)S2. The van der Waals surface area contributed by atoms with Crippen LogP contribution in [0.25, 0.3) is 16.3 Å². The third-order valence-corrected chi connectivity index (χ3v) is 9.59. The Hall–Kier alpha value is -2.42. The fourth-order valence-corrected chi connectivity index (χ4v) is 7.69. The largest absolute Gasteiger partial charge is 0.748 e. The first kappa shape index (κ1) is 29.6. The zero-order chi connectivity index (χ0) is 28.4. The fraction of sp³-hybridized carbons (Fsp3) is 0.346. The van der Waals surface area contributed by atoms with Crippen LogP contribution in [0.15, 0.2) is 58.0 Å². The normalized spacial score (nSPS) is 15.4. The smallest absolute Gasteiger partial charge is 0.326 e. The van der Waals surface area contributed by atoms with E-state index in [-0.39, 0.29) is 6.42 Å². The Labute approximate surface area is 237 Å². The lowest BCUT2D eigenvalue weighted by Gasteiger charge is -2.21. The van der Waals surface area contributed by atoms with Gasteiger partial charge in [-0.05, 0) is 62.1 Å². The molecule has 1 N–H and O–H groups in total. The van der Waals surface area contributed by atoms with Gasteiger partial charge >= 0.3 is 10.1 Å². The minimum absolute atomic E-state index is 0.164. The molecule has 0 spiro atoms. The summed E-state index contributed by atoms with van der Waals surface area (Å²) in [5.74, 6) is -0.334. The van der Waals surface area contributed by atoms with E-state index in [1.165, 1.54) is 23.1 Å². The molecule has 0 aliphatic carbocycles. The Kier molecular flexibility index (Phi) is 9.08. The summed E-state index contributed by atoms with van der Waals surface area (Å²) in [7, 11) is -8.63. The third kappa shape index (κ3) is 7.62. The number of fused-ring (bicyclic) bond motifs is 2. The van der Waals surface area contributed by atoms with Crippen LogP contribution in [-0.2, 0) is 26.1 Å². The van der Waals surface area contributed by atoms with E-state index >= 15 is 0 Å². The van der Waals surface area contributed by atoms with Crippen molar-refractivity contribution < 1.29 is 35.2 Å². The Morgan fingerprint density at radius 3 is 2.59 bits per heavy atom. The summed E-state index contributed by atoms with van der Waals surface area (Å²) in [6.07, 6.45) is 4.70. The number of ether oxygens (including phenoxy) is 1. The van der Waals surface area contributed by atoms with Crippen molar-refractivity contribution in [2.75, 3.05) is 23.8 Å². The quantitative estimate of drug-likeness (QED) is 0.238. The number of aromatic nitrogens is 1. The molecule has 1 aliphatic rings. The monoisotopic (exact) mass is 610 g/mol. The van der Waals surface area contributed by atoms with E-state index in [2.05, 4.69) is 0 Å². The van der Waals surface area contributed by atoms with Gasteiger partial charge in [0.05, 0.1) is 27.4 Å². The Morgan fingerprint density at radius 2 is 1.92 bits per heavy atom. The van der Waals surface area contributed by atoms with Crippen molar-refractivity contribution in [3.8, 4) is 5.75 Å². The van der Waals surface area contributed by atoms with Gasteiger partial charge in [-0.3, -0.25) is 4.55 Å². The predicted octanol–water partition coefficient (Wildman–Crippen LogP) is 4.92. The zero-order valence-electron chi connectivity index (χ0n) is 21.8. The molecule has 0 bridgehead atoms. The summed E-state index contributed by atoms with van der Waals surface area (Å²) in [6.45, 7) is 6.63. The number of allylic oxidation sites excluding steroid dienone is 2. The van der Waals surface area contributed by atoms with Gasteiger partial charge in [0.1, 0.15) is 10.4 Å². The second kappa shape index (κ2) is 12.0. The highest BCUT2D eigenvalue weighted by Gasteiger charge is 2.27. The van der Waals surface area contributed by atoms with Crippen LogP contribution in [0.2, 0.25) is 0 Å². The van der Waals surface area contributed by atoms with Crippen molar-refractivity contribution >= 4 is 65.3 Å². The summed E-state index contributed by atoms with van der Waals surface area (Å²) >= 11 is 2.96. The van der Waals surface area contributed by atoms with Gasteiger partial charge in [0.2, 0.25) is 5.52 Å². The van der Waals surface area contributed by atoms with Gasteiger partial charge in [-0.25, -0.2) is 8.42 Å². The predicted molar refractivity (Wildman–Crippen MR) is 155 cm³/mol. The van der Waals surface area contributed by atoms with Crippen LogP contribution in [0.3, 0.4) is 0 Å². The number of benzene rings is 2. The van der Waals surface area contributed by atoms with E-state index in [0.29, 0.717) is 30.3 Å². The first-order chi connectivity index (χ1) is 18.4. The number of thioether (sulfide) groups is 1. The highest BCUT2D eigenvalue weighted by molar-refractivity contribution is 8.03. The molecule has 4 rings (SSSR count). The molecule has 0 radical (unpaired) electrons. The lowest BCUT2D eigenvalue weighted by atomic mass is 10.2. The molecule has 0 unspecified atom stereocenters. The average Bonchev–Trinajstić information content (AvgIpc) is 3.34. The van der Waals surface area contributed by atoms with Crippen LogP contribution in [-0.4, -0.2) is 44.8 Å². The summed E-state index contributed by atoms with van der Waals surface area (Å²) in [5.41, 5.74) is 3.47. The number of hydrogen-bond donors (Lipinski definition) is 1. The topological polar surface area (TPSA) is 128 Å². The molecule has 0 amide bonds. The van der Waals surface area contributed by atoms with Gasteiger partial charge in [0.15, 0.2) is 0 Å². The van der Waals surface area contributed by atoms with Crippen molar-refractivity contribution in [2.45, 2.75) is 44.4 Å². The molecule has 2 aromatic carbocycles. The molecule has 9 nitrogen and oxygen atoms in total. The molecule has 1 aliphatic heterocycles. The van der Waals surface area contributed by atoms with Crippen LogP contribution in [0.5, 0.6) is 5.75 Å². The number of hydrogen-bond acceptors (Lipinski definition) is 9. The van der Waals surface area contributed by atoms with Gasteiger partial charge in [-0.1, -0.05) is 36.1 Å². The molecule has 2 heterocycles. The number of nitrogens with zero attached hydrogens (tertiary/aromatic N) is 2. The molecule has 39 heavy (non-hydrogen) atoms. The second-order valence-corrected chi connectivity index (χ2v) is 14.1. The summed E-state index contributed by atoms with van der Waals surface area (Å²) in [4.78, 5) is 2.96. The van der Waals surface area contributed by atoms with E-state index in [1.807, 2.05) is 74.2 Å². The third-order valence-electron chi connectivity index (χ3n) is 5.99. The molecule has 0 fully saturated rings. The molecular weight excluding hydrogens is 581 g/mol. The molecule has 1 aromatic heterocycles. The lowest BCUT2D eigenvalue weighted by Crippen LogP contribution is -2.39. The first-order valence-electron chi connectivity index (χ1n) is 12.3. The van der Waals surface area contributed by atoms with E-state index in [9.17, 15) is 25.9 Å². The van der Waals surface area contributed by atoms with Gasteiger partial charge in [-0.2, -0.15) is 13.0 Å². The minimum atomic E-state index is -4.34. The Morgan fingerprint density at radius 1 is 1.15 bits per heavy atom. The maximum atomic E-state index is 11.8. The molecular formula is C26H30N2O7S4. The molecule has 0 saturated heterocycles. The van der Waals surface area contributed by atoms with Crippen LogP contribution in [0.1, 0.15) is 37.3 Å². The average molecular weight is 611 g/mol. The molecule has 210 valence electrons. The number of aryl methyl sites for hydroxylation is 1. The van der Waals surface area contributed by atoms with Gasteiger partial charge in [-0.15, -0.1) is 0 Å². The van der Waals surface area contributed by atoms with E-state index in [4.69, 9.17) is 4.74 Å². The molecule has 3 aromatic rings. The van der Waals surface area contributed by atoms with Crippen molar-refractivity contribution in [1.29, 1.82) is 0 Å². The second-order valence-electron chi connectivity index (χ2n) is 9.04. The number of thiazole rings is 1. The zero-order valence-corrected chi connectivity index (χ0v) is 25.1. The Bertz CT molecular complexity index is 1660. The van der Waals surface area contributed by atoms with Crippen molar-refractivity contribution in [3.63, 3.8) is 0 Å². The van der Waals surface area contributed by atoms with Crippen molar-refractivity contribution in [1.82, 2.24) is 0 Å². The molecule has 13 heteroatoms. The maximum absolute atomic E-state index is 11.8. The van der Waals surface area contributed by atoms with Crippen LogP contribution >= 0.6 is 23.1 Å². The van der Waals surface area contributed by atoms with Gasteiger partial charge in [0.25, 0.3) is 10.9 Å². The highest BCUT2D eigenvalue weighted by atomic mass is 32.2. The summed E-state index contributed by atoms with van der Waals surface area (Å²) in [6, 6.07) is 11.5. The van der Waals surface area contributed by atoms with Gasteiger partial charge in [0, 0.05) is 35.4 Å². The maximum Gasteiger partial charge on any atom is 0.326 e. The number of rotatable bonds is 11. The fourth-order valence-electron chi connectivity index (χ4n) is 4.25. The number of anilines is 1. The lowest BCUT2D eigenvalue weighted by molar-refractivity contribution is -0.649. The summed E-state index contributed by atoms with van der Waals surface area (Å²) < 4.78 is 75.2. The van der Waals surface area contributed by atoms with Crippen LogP contribution in [0, 0.1) is 6.92 Å². The first-order valence-corrected chi connectivity index (χ1v) is 17.1. The standard InChI is InChI=1S/C26H30N2O7S4/c1-4-19(15-26-28(17-39(32,33)34)21-13-18(3)7-9-23(21)37-26)14-25-27(11-6-12-38(29,30)31)22-16-20(35-5-2)8-10-24(22)36-25/h7-10,13-16H,4-6,11-12,17H2,1-3H3,(H-,29,30,31,32,33,34). The molecule has 0 atom stereocenters. The van der Waals surface area contributed by atoms with E-state index < -0.39 is 31.9 Å². The van der Waals surface area contributed by atoms with Crippen LogP contribution < -0.4 is 14.2 Å². The minimum Gasteiger partial charge on any atom is -0.748 e. The highest BCUT2D eigenvalue weighted by Crippen LogP contribution is 2.48. The van der Waals surface area contributed by atoms with E-state index in [0.717, 1.165) is 37.0 Å². The van der Waals surface area contributed by atoms with Crippen molar-refractivity contribution in [3.05, 3.63) is 63.6 Å². The van der Waals surface area contributed by atoms with Crippen molar-refractivity contribution in [2.24, 2.45) is 0 Å². The van der Waals surface area contributed by atoms with E-state index in [1.54, 1.807) is 4.57 Å². The Balaban J connectivity index is 1.76.